The molecule has 1 heterocycles. The molecule has 0 saturated heterocycles. The summed E-state index contributed by atoms with van der Waals surface area (Å²) in [7, 11) is 0. The van der Waals surface area contributed by atoms with E-state index in [2.05, 4.69) is 102 Å². The minimum Gasteiger partial charge on any atom is -0.354 e. The zero-order chi connectivity index (χ0) is 16.0. The lowest BCUT2D eigenvalue weighted by Crippen LogP contribution is -2.14. The minimum absolute atomic E-state index is 0.0204. The Morgan fingerprint density at radius 2 is 1.74 bits per heavy atom. The minimum atomic E-state index is -0.0204. The molecule has 0 atom stereocenters. The molecule has 2 aromatic carbocycles. The second kappa shape index (κ2) is 5.24. The Morgan fingerprint density at radius 3 is 2.61 bits per heavy atom. The number of aromatic amines is 1. The lowest BCUT2D eigenvalue weighted by Gasteiger charge is -2.23. The summed E-state index contributed by atoms with van der Waals surface area (Å²) in [5.41, 5.74) is 6.15. The van der Waals surface area contributed by atoms with Crippen LogP contribution in [0.5, 0.6) is 0 Å². The van der Waals surface area contributed by atoms with Crippen molar-refractivity contribution in [3.8, 4) is 0 Å². The van der Waals surface area contributed by atoms with Gasteiger partial charge in [-0.3, -0.25) is 0 Å². The van der Waals surface area contributed by atoms with Crippen molar-refractivity contribution in [3.05, 3.63) is 75.4 Å². The van der Waals surface area contributed by atoms with Crippen LogP contribution in [0.25, 0.3) is 29.1 Å². The molecular formula is C21H18BrN. The lowest BCUT2D eigenvalue weighted by atomic mass is 9.81. The maximum atomic E-state index is 3.70. The fourth-order valence-corrected chi connectivity index (χ4v) is 3.92. The molecule has 4 rings (SSSR count). The van der Waals surface area contributed by atoms with Crippen LogP contribution in [-0.4, -0.2) is 4.98 Å². The molecule has 0 aliphatic heterocycles. The molecule has 114 valence electrons. The number of fused-ring (bicyclic) bond motifs is 4. The second-order valence-electron chi connectivity index (χ2n) is 6.59. The Hall–Kier alpha value is -2.06. The summed E-state index contributed by atoms with van der Waals surface area (Å²) >= 11 is 3.70. The zero-order valence-corrected chi connectivity index (χ0v) is 14.8. The largest absolute Gasteiger partial charge is 0.354 e. The molecule has 1 N–H and O–H groups in total. The van der Waals surface area contributed by atoms with Crippen molar-refractivity contribution >= 4 is 45.1 Å². The zero-order valence-electron chi connectivity index (χ0n) is 13.2. The van der Waals surface area contributed by atoms with Crippen LogP contribution in [0.4, 0.5) is 0 Å². The third kappa shape index (κ3) is 2.38. The van der Waals surface area contributed by atoms with Crippen LogP contribution < -0.4 is 0 Å². The van der Waals surface area contributed by atoms with Crippen LogP contribution in [0, 0.1) is 0 Å². The smallest absolute Gasteiger partial charge is 0.0476 e. The average Bonchev–Trinajstić information content (AvgIpc) is 2.91. The van der Waals surface area contributed by atoms with Gasteiger partial charge in [0.25, 0.3) is 0 Å². The van der Waals surface area contributed by atoms with Gasteiger partial charge in [-0.25, -0.2) is 0 Å². The third-order valence-corrected chi connectivity index (χ3v) is 5.25. The predicted molar refractivity (Wildman–Crippen MR) is 103 cm³/mol. The molecule has 0 bridgehead atoms. The molecule has 0 unspecified atom stereocenters. The van der Waals surface area contributed by atoms with Gasteiger partial charge in [-0.15, -0.1) is 0 Å². The highest BCUT2D eigenvalue weighted by molar-refractivity contribution is 9.10. The summed E-state index contributed by atoms with van der Waals surface area (Å²) in [5.74, 6) is 0. The Kier molecular flexibility index (Phi) is 3.31. The number of allylic oxidation sites excluding steroid dienone is 1. The van der Waals surface area contributed by atoms with Gasteiger partial charge in [0.05, 0.1) is 0 Å². The van der Waals surface area contributed by atoms with E-state index in [1.165, 1.54) is 22.1 Å². The van der Waals surface area contributed by atoms with E-state index in [0.717, 1.165) is 15.7 Å². The predicted octanol–water partition coefficient (Wildman–Crippen LogP) is 6.41. The number of H-pyrrole nitrogens is 1. The first-order valence-electron chi connectivity index (χ1n) is 7.83. The van der Waals surface area contributed by atoms with Crippen LogP contribution in [0.3, 0.4) is 0 Å². The van der Waals surface area contributed by atoms with Crippen molar-refractivity contribution in [2.45, 2.75) is 19.3 Å². The Balaban J connectivity index is 2.03. The van der Waals surface area contributed by atoms with Crippen molar-refractivity contribution in [3.63, 3.8) is 0 Å². The number of hydrogen-bond donors (Lipinski definition) is 1. The summed E-state index contributed by atoms with van der Waals surface area (Å²) < 4.78 is 1.13. The van der Waals surface area contributed by atoms with Crippen molar-refractivity contribution in [1.29, 1.82) is 0 Å². The van der Waals surface area contributed by atoms with Gasteiger partial charge in [0, 0.05) is 32.0 Å². The number of rotatable bonds is 0. The van der Waals surface area contributed by atoms with Crippen LogP contribution in [0.2, 0.25) is 0 Å². The van der Waals surface area contributed by atoms with Crippen LogP contribution in [0.15, 0.2) is 53.0 Å². The highest BCUT2D eigenvalue weighted by Gasteiger charge is 2.21. The fourth-order valence-electron chi connectivity index (χ4n) is 3.34. The fraction of sp³-hybridized carbons (Fsp3) is 0.143. The van der Waals surface area contributed by atoms with Gasteiger partial charge in [0.15, 0.2) is 0 Å². The maximum Gasteiger partial charge on any atom is 0.0476 e. The van der Waals surface area contributed by atoms with Gasteiger partial charge in [-0.2, -0.15) is 0 Å². The van der Waals surface area contributed by atoms with E-state index in [9.17, 15) is 0 Å². The van der Waals surface area contributed by atoms with Crippen molar-refractivity contribution < 1.29 is 0 Å². The quantitative estimate of drug-likeness (QED) is 0.475. The van der Waals surface area contributed by atoms with E-state index < -0.39 is 0 Å². The summed E-state index contributed by atoms with van der Waals surface area (Å²) in [6.07, 6.45) is 8.97. The summed E-state index contributed by atoms with van der Waals surface area (Å²) in [4.78, 5) is 3.54. The molecule has 1 aliphatic rings. The van der Waals surface area contributed by atoms with Gasteiger partial charge in [0.2, 0.25) is 0 Å². The molecule has 3 aromatic rings. The van der Waals surface area contributed by atoms with Gasteiger partial charge >= 0.3 is 0 Å². The monoisotopic (exact) mass is 363 g/mol. The lowest BCUT2D eigenvalue weighted by molar-refractivity contribution is 0.672. The topological polar surface area (TPSA) is 15.8 Å². The number of aromatic nitrogens is 1. The van der Waals surface area contributed by atoms with E-state index in [4.69, 9.17) is 0 Å². The second-order valence-corrected chi connectivity index (χ2v) is 7.44. The molecule has 23 heavy (non-hydrogen) atoms. The first kappa shape index (κ1) is 14.5. The Labute approximate surface area is 144 Å². The molecule has 0 saturated carbocycles. The summed E-state index contributed by atoms with van der Waals surface area (Å²) in [5, 5.41) is 1.24. The van der Waals surface area contributed by atoms with Gasteiger partial charge in [-0.05, 0) is 29.3 Å². The molecule has 0 radical (unpaired) electrons. The van der Waals surface area contributed by atoms with E-state index in [0.29, 0.717) is 0 Å². The number of hydrogen-bond acceptors (Lipinski definition) is 0. The summed E-state index contributed by atoms with van der Waals surface area (Å²) in [6.45, 7) is 4.54. The highest BCUT2D eigenvalue weighted by atomic mass is 79.9. The number of halogens is 1. The first-order chi connectivity index (χ1) is 11.1. The standard InChI is InChI=1S/C21H18BrN/c1-21(2)13-12-15-18(11-10-14-6-3-4-7-16(14)21)23-19-9-5-8-17(22)20(15)19/h3-13,23H,1-2H3/b11-10+,13-12-. The van der Waals surface area contributed by atoms with Crippen LogP contribution in [0.1, 0.15) is 36.2 Å². The SMILES string of the molecule is CC1(C)/C=C\c2c([nH]c3cccc(Br)c23)/C=C/c2ccccc21. The van der Waals surface area contributed by atoms with Crippen molar-refractivity contribution in [1.82, 2.24) is 4.98 Å². The molecule has 2 heteroatoms. The molecule has 1 aromatic heterocycles. The molecule has 1 nitrogen and oxygen atoms in total. The Bertz CT molecular complexity index is 957. The average molecular weight is 364 g/mol. The molecule has 0 fully saturated rings. The molecule has 0 spiro atoms. The van der Waals surface area contributed by atoms with Gasteiger partial charge in [-0.1, -0.05) is 78.3 Å². The third-order valence-electron chi connectivity index (χ3n) is 4.59. The number of nitrogens with one attached hydrogen (secondary N) is 1. The van der Waals surface area contributed by atoms with E-state index in [1.807, 2.05) is 0 Å². The number of benzene rings is 2. The Morgan fingerprint density at radius 1 is 0.913 bits per heavy atom. The molecular weight excluding hydrogens is 346 g/mol. The van der Waals surface area contributed by atoms with Crippen molar-refractivity contribution in [2.75, 3.05) is 0 Å². The summed E-state index contributed by atoms with van der Waals surface area (Å²) in [6, 6.07) is 14.9. The maximum absolute atomic E-state index is 3.70. The normalized spacial score (nSPS) is 18.4. The van der Waals surface area contributed by atoms with Crippen LogP contribution >= 0.6 is 15.9 Å². The van der Waals surface area contributed by atoms with E-state index in [-0.39, 0.29) is 5.41 Å². The highest BCUT2D eigenvalue weighted by Crippen LogP contribution is 2.36. The van der Waals surface area contributed by atoms with Crippen LogP contribution in [-0.2, 0) is 5.41 Å². The first-order valence-corrected chi connectivity index (χ1v) is 8.62. The van der Waals surface area contributed by atoms with E-state index in [1.54, 1.807) is 0 Å². The van der Waals surface area contributed by atoms with Gasteiger partial charge < -0.3 is 4.98 Å². The molecule has 0 amide bonds. The van der Waals surface area contributed by atoms with E-state index >= 15 is 0 Å². The van der Waals surface area contributed by atoms with Crippen molar-refractivity contribution in [2.24, 2.45) is 0 Å². The van der Waals surface area contributed by atoms with Gasteiger partial charge in [0.1, 0.15) is 0 Å². The molecule has 1 aliphatic carbocycles.